The van der Waals surface area contributed by atoms with Crippen molar-refractivity contribution in [2.75, 3.05) is 0 Å². The molecule has 0 aromatic rings. The third-order valence-corrected chi connectivity index (χ3v) is 10.4. The van der Waals surface area contributed by atoms with Crippen molar-refractivity contribution in [3.8, 4) is 0 Å². The van der Waals surface area contributed by atoms with E-state index in [2.05, 4.69) is 27.7 Å². The van der Waals surface area contributed by atoms with Gasteiger partial charge in [0.15, 0.2) is 0 Å². The summed E-state index contributed by atoms with van der Waals surface area (Å²) in [5.41, 5.74) is 0. The monoisotopic (exact) mass is 748 g/mol. The summed E-state index contributed by atoms with van der Waals surface area (Å²) < 4.78 is 67.6. The molecule has 0 rings (SSSR count). The van der Waals surface area contributed by atoms with Crippen LogP contribution < -0.4 is 0 Å². The van der Waals surface area contributed by atoms with E-state index in [4.69, 9.17) is 0 Å². The summed E-state index contributed by atoms with van der Waals surface area (Å²) in [4.78, 5) is 0. The maximum absolute atomic E-state index is 11.3. The smallest absolute Gasteiger partial charge is 0.748 e. The summed E-state index contributed by atoms with van der Waals surface area (Å²) >= 11 is 0. The molecule has 0 aliphatic rings. The van der Waals surface area contributed by atoms with Crippen molar-refractivity contribution in [2.24, 2.45) is 0 Å². The van der Waals surface area contributed by atoms with E-state index in [1.165, 1.54) is 64.2 Å². The predicted molar refractivity (Wildman–Crippen MR) is 175 cm³/mol. The molecule has 9 heteroatoms. The van der Waals surface area contributed by atoms with Gasteiger partial charge in [0, 0.05) is 10.5 Å². The van der Waals surface area contributed by atoms with Gasteiger partial charge in [0.05, 0.1) is 20.2 Å². The minimum Gasteiger partial charge on any atom is -0.748 e. The molecular formula is C32H66BaO6S2. The SMILES string of the molecule is CCCCCCCCC(CCCCCCC)S(=O)(=O)[O-].CCCCCCCCC(CCCCCCC)S(=O)(=O)[O-].[Ba+2]. The van der Waals surface area contributed by atoms with Crippen LogP contribution in [0.3, 0.4) is 0 Å². The minimum atomic E-state index is -4.11. The van der Waals surface area contributed by atoms with Crippen molar-refractivity contribution in [2.45, 2.75) is 205 Å². The van der Waals surface area contributed by atoms with Gasteiger partial charge in [-0.25, -0.2) is 16.8 Å². The largest absolute Gasteiger partial charge is 2.00 e. The van der Waals surface area contributed by atoms with Gasteiger partial charge in [0.1, 0.15) is 0 Å². The van der Waals surface area contributed by atoms with Crippen molar-refractivity contribution in [1.29, 1.82) is 0 Å². The molecule has 0 aromatic heterocycles. The van der Waals surface area contributed by atoms with Crippen LogP contribution in [0.5, 0.6) is 0 Å². The molecule has 0 saturated carbocycles. The molecule has 0 saturated heterocycles. The van der Waals surface area contributed by atoms with Gasteiger partial charge >= 0.3 is 48.9 Å². The summed E-state index contributed by atoms with van der Waals surface area (Å²) in [5, 5.41) is -1.29. The van der Waals surface area contributed by atoms with Crippen molar-refractivity contribution in [3.63, 3.8) is 0 Å². The average Bonchev–Trinajstić information content (AvgIpc) is 2.89. The molecule has 2 unspecified atom stereocenters. The first-order valence-electron chi connectivity index (χ1n) is 16.9. The average molecular weight is 748 g/mol. The van der Waals surface area contributed by atoms with Crippen molar-refractivity contribution in [3.05, 3.63) is 0 Å². The van der Waals surface area contributed by atoms with Gasteiger partial charge in [-0.05, 0) is 25.7 Å². The normalized spacial score (nSPS) is 13.2. The van der Waals surface area contributed by atoms with Gasteiger partial charge in [-0.15, -0.1) is 0 Å². The Morgan fingerprint density at radius 1 is 0.366 bits per heavy atom. The summed E-state index contributed by atoms with van der Waals surface area (Å²) in [6, 6.07) is 0. The summed E-state index contributed by atoms with van der Waals surface area (Å²) in [7, 11) is -8.21. The first-order valence-corrected chi connectivity index (χ1v) is 19.9. The van der Waals surface area contributed by atoms with E-state index in [9.17, 15) is 25.9 Å². The van der Waals surface area contributed by atoms with Crippen LogP contribution in [0.15, 0.2) is 0 Å². The van der Waals surface area contributed by atoms with E-state index in [0.29, 0.717) is 25.7 Å². The van der Waals surface area contributed by atoms with Gasteiger partial charge in [-0.2, -0.15) is 0 Å². The van der Waals surface area contributed by atoms with Gasteiger partial charge < -0.3 is 9.11 Å². The second kappa shape index (κ2) is 32.8. The summed E-state index contributed by atoms with van der Waals surface area (Å²) in [6.07, 6.45) is 26.8. The van der Waals surface area contributed by atoms with Crippen LogP contribution in [0.2, 0.25) is 0 Å². The summed E-state index contributed by atoms with van der Waals surface area (Å²) in [6.45, 7) is 8.67. The number of hydrogen-bond donors (Lipinski definition) is 0. The molecule has 0 radical (unpaired) electrons. The molecule has 0 amide bonds. The Balaban J connectivity index is -0.000000688. The van der Waals surface area contributed by atoms with Gasteiger partial charge in [0.2, 0.25) is 0 Å². The molecule has 0 heterocycles. The molecule has 0 aromatic carbocycles. The maximum Gasteiger partial charge on any atom is 2.00 e. The molecule has 0 aliphatic carbocycles. The van der Waals surface area contributed by atoms with E-state index in [1.54, 1.807) is 0 Å². The molecule has 244 valence electrons. The molecule has 0 spiro atoms. The first-order chi connectivity index (χ1) is 19.0. The number of rotatable bonds is 28. The van der Waals surface area contributed by atoms with Crippen LogP contribution in [-0.4, -0.2) is 85.3 Å². The fourth-order valence-electron chi connectivity index (χ4n) is 5.12. The fourth-order valence-corrected chi connectivity index (χ4v) is 6.94. The van der Waals surface area contributed by atoms with Crippen LogP contribution >= 0.6 is 0 Å². The van der Waals surface area contributed by atoms with Gasteiger partial charge in [-0.3, -0.25) is 0 Å². The van der Waals surface area contributed by atoms with Crippen LogP contribution in [-0.2, 0) is 20.2 Å². The Bertz CT molecular complexity index is 666. The second-order valence-corrected chi connectivity index (χ2v) is 15.1. The van der Waals surface area contributed by atoms with Crippen LogP contribution in [0, 0.1) is 0 Å². The van der Waals surface area contributed by atoms with Crippen molar-refractivity contribution >= 4 is 69.1 Å². The molecule has 0 aliphatic heterocycles. The van der Waals surface area contributed by atoms with Crippen molar-refractivity contribution in [1.82, 2.24) is 0 Å². The predicted octanol–water partition coefficient (Wildman–Crippen LogP) is 9.64. The Morgan fingerprint density at radius 3 is 0.707 bits per heavy atom. The molecule has 0 N–H and O–H groups in total. The zero-order chi connectivity index (χ0) is 30.5. The molecule has 6 nitrogen and oxygen atoms in total. The molecule has 41 heavy (non-hydrogen) atoms. The first kappa shape index (κ1) is 46.8. The second-order valence-electron chi connectivity index (χ2n) is 11.7. The molecular weight excluding hydrogens is 682 g/mol. The van der Waals surface area contributed by atoms with E-state index >= 15 is 0 Å². The topological polar surface area (TPSA) is 114 Å². The summed E-state index contributed by atoms with van der Waals surface area (Å²) in [5.74, 6) is 0. The van der Waals surface area contributed by atoms with Crippen LogP contribution in [0.25, 0.3) is 0 Å². The Labute approximate surface area is 297 Å². The van der Waals surface area contributed by atoms with Crippen LogP contribution in [0.4, 0.5) is 0 Å². The maximum atomic E-state index is 11.3. The van der Waals surface area contributed by atoms with Crippen molar-refractivity contribution < 1.29 is 25.9 Å². The third-order valence-electron chi connectivity index (χ3n) is 7.84. The van der Waals surface area contributed by atoms with E-state index < -0.39 is 30.7 Å². The molecule has 0 fully saturated rings. The standard InChI is InChI=1S/2C16H34O3S.Ba/c2*1-3-5-7-9-11-13-15-16(20(17,18)19)14-12-10-8-6-4-2;/h2*16H,3-15H2,1-2H3,(H,17,18,19);/q;;+2/p-2. The molecule has 0 bridgehead atoms. The fraction of sp³-hybridized carbons (Fsp3) is 1.00. The Hall–Kier alpha value is 1.39. The van der Waals surface area contributed by atoms with E-state index in [1.807, 2.05) is 0 Å². The minimum absolute atomic E-state index is 0. The quantitative estimate of drug-likeness (QED) is 0.0447. The Kier molecular flexibility index (Phi) is 37.4. The zero-order valence-electron chi connectivity index (χ0n) is 27.5. The van der Waals surface area contributed by atoms with Gasteiger partial charge in [0.25, 0.3) is 0 Å². The van der Waals surface area contributed by atoms with E-state index in [0.717, 1.165) is 77.0 Å². The zero-order valence-corrected chi connectivity index (χ0v) is 33.6. The number of unbranched alkanes of at least 4 members (excludes halogenated alkanes) is 18. The van der Waals surface area contributed by atoms with Gasteiger partial charge in [-0.1, -0.05) is 169 Å². The van der Waals surface area contributed by atoms with Crippen LogP contribution in [0.1, 0.15) is 195 Å². The Morgan fingerprint density at radius 2 is 0.537 bits per heavy atom. The third kappa shape index (κ3) is 34.1. The van der Waals surface area contributed by atoms with E-state index in [-0.39, 0.29) is 48.9 Å². The molecule has 2 atom stereocenters. The number of hydrogen-bond acceptors (Lipinski definition) is 6.